The minimum atomic E-state index is -0.225. The number of aliphatic hydroxyl groups is 1. The van der Waals surface area contributed by atoms with Crippen molar-refractivity contribution in [2.75, 3.05) is 30.3 Å². The van der Waals surface area contributed by atoms with Crippen LogP contribution in [0.5, 0.6) is 0 Å². The average Bonchev–Trinajstić information content (AvgIpc) is 3.54. The molecule has 3 aromatic rings. The van der Waals surface area contributed by atoms with E-state index in [1.807, 2.05) is 40.0 Å². The van der Waals surface area contributed by atoms with Crippen LogP contribution >= 0.6 is 0 Å². The first kappa shape index (κ1) is 23.5. The van der Waals surface area contributed by atoms with E-state index in [1.54, 1.807) is 0 Å². The minimum Gasteiger partial charge on any atom is -0.393 e. The number of nitrogens with one attached hydrogen (secondary N) is 2. The van der Waals surface area contributed by atoms with Crippen molar-refractivity contribution in [1.29, 1.82) is 0 Å². The molecule has 0 bridgehead atoms. The van der Waals surface area contributed by atoms with Crippen LogP contribution in [0.2, 0.25) is 0 Å². The molecule has 2 fully saturated rings. The molecule has 9 nitrogen and oxygen atoms in total. The molecule has 2 amide bonds. The number of urea groups is 1. The first-order valence-corrected chi connectivity index (χ1v) is 13.0. The maximum Gasteiger partial charge on any atom is 0.321 e. The predicted molar refractivity (Wildman–Crippen MR) is 137 cm³/mol. The summed E-state index contributed by atoms with van der Waals surface area (Å²) in [5.74, 6) is 0.620. The normalized spacial score (nSPS) is 20.3. The fourth-order valence-corrected chi connectivity index (χ4v) is 4.99. The summed E-state index contributed by atoms with van der Waals surface area (Å²) in [4.78, 5) is 23.7. The Bertz CT molecular complexity index is 1150. The molecule has 1 saturated heterocycles. The minimum absolute atomic E-state index is 0.0408. The smallest absolute Gasteiger partial charge is 0.321 e. The van der Waals surface area contributed by atoms with Gasteiger partial charge in [0.15, 0.2) is 5.65 Å². The molecule has 3 N–H and O–H groups in total. The topological polar surface area (TPSA) is 108 Å². The lowest BCUT2D eigenvalue weighted by molar-refractivity contribution is 0.109. The van der Waals surface area contributed by atoms with Crippen molar-refractivity contribution in [2.45, 2.75) is 70.4 Å². The maximum absolute atomic E-state index is 12.4. The van der Waals surface area contributed by atoms with Crippen LogP contribution in [0.4, 0.5) is 16.4 Å². The van der Waals surface area contributed by atoms with Gasteiger partial charge in [0, 0.05) is 37.1 Å². The molecule has 1 saturated carbocycles. The summed E-state index contributed by atoms with van der Waals surface area (Å²) in [6.07, 6.45) is 9.25. The van der Waals surface area contributed by atoms with Gasteiger partial charge in [0.2, 0.25) is 5.95 Å². The van der Waals surface area contributed by atoms with Crippen molar-refractivity contribution in [3.05, 3.63) is 30.5 Å². The van der Waals surface area contributed by atoms with Gasteiger partial charge in [0.1, 0.15) is 5.69 Å². The number of aliphatic hydroxyl groups excluding tert-OH is 1. The van der Waals surface area contributed by atoms with Gasteiger partial charge in [-0.05, 0) is 57.1 Å². The van der Waals surface area contributed by atoms with Crippen molar-refractivity contribution in [3.8, 4) is 11.3 Å². The van der Waals surface area contributed by atoms with E-state index in [-0.39, 0.29) is 18.2 Å². The highest BCUT2D eigenvalue weighted by atomic mass is 16.3. The van der Waals surface area contributed by atoms with Gasteiger partial charge in [-0.3, -0.25) is 0 Å². The number of aromatic nitrogens is 4. The number of benzene rings is 1. The van der Waals surface area contributed by atoms with E-state index < -0.39 is 0 Å². The van der Waals surface area contributed by atoms with Crippen molar-refractivity contribution in [2.24, 2.45) is 0 Å². The fraction of sp³-hybridized carbons (Fsp3) is 0.538. The Balaban J connectivity index is 1.43. The van der Waals surface area contributed by atoms with Gasteiger partial charge in [-0.25, -0.2) is 14.5 Å². The van der Waals surface area contributed by atoms with E-state index in [0.717, 1.165) is 99.0 Å². The van der Waals surface area contributed by atoms with Crippen molar-refractivity contribution in [1.82, 2.24) is 24.6 Å². The second-order valence-corrected chi connectivity index (χ2v) is 9.67. The largest absolute Gasteiger partial charge is 0.393 e. The molecule has 0 atom stereocenters. The Kier molecular flexibility index (Phi) is 7.13. The second kappa shape index (κ2) is 10.6. The zero-order valence-corrected chi connectivity index (χ0v) is 20.4. The number of anilines is 2. The van der Waals surface area contributed by atoms with Crippen molar-refractivity contribution >= 4 is 28.7 Å². The number of hydrogen-bond acceptors (Lipinski definition) is 6. The summed E-state index contributed by atoms with van der Waals surface area (Å²) < 4.78 is 2.03. The van der Waals surface area contributed by atoms with Gasteiger partial charge >= 0.3 is 6.03 Å². The molecule has 1 aliphatic carbocycles. The summed E-state index contributed by atoms with van der Waals surface area (Å²) >= 11 is 0. The van der Waals surface area contributed by atoms with Gasteiger partial charge in [0.05, 0.1) is 17.5 Å². The first-order valence-electron chi connectivity index (χ1n) is 13.0. The molecule has 0 unspecified atom stereocenters. The molecule has 0 radical (unpaired) electrons. The van der Waals surface area contributed by atoms with Crippen molar-refractivity contribution in [3.63, 3.8) is 0 Å². The molecule has 5 rings (SSSR count). The Labute approximate surface area is 205 Å². The third-order valence-corrected chi connectivity index (χ3v) is 7.08. The molecule has 1 aliphatic heterocycles. The number of nitrogens with zero attached hydrogens (tertiary/aromatic N) is 5. The highest BCUT2D eigenvalue weighted by molar-refractivity contribution is 5.93. The van der Waals surface area contributed by atoms with Crippen LogP contribution < -0.4 is 10.6 Å². The van der Waals surface area contributed by atoms with Crippen LogP contribution in [0.1, 0.15) is 64.3 Å². The Morgan fingerprint density at radius 3 is 2.57 bits per heavy atom. The number of likely N-dealkylation sites (tertiary alicyclic amines) is 1. The fourth-order valence-electron chi connectivity index (χ4n) is 4.99. The van der Waals surface area contributed by atoms with E-state index in [2.05, 4.69) is 22.5 Å². The summed E-state index contributed by atoms with van der Waals surface area (Å²) in [5.41, 5.74) is 3.39. The lowest BCUT2D eigenvalue weighted by Crippen LogP contribution is -2.32. The quantitative estimate of drug-likeness (QED) is 0.422. The van der Waals surface area contributed by atoms with E-state index in [9.17, 15) is 9.90 Å². The van der Waals surface area contributed by atoms with Crippen LogP contribution in [0.25, 0.3) is 22.3 Å². The monoisotopic (exact) mass is 477 g/mol. The SMILES string of the molecule is CCCCNc1ncc2c(-c3ccc(NC(=O)N4CCCC4)cc3)nn([C@H]3CC[C@H](O)CC3)c2n1. The Hall–Kier alpha value is -3.20. The van der Waals surface area contributed by atoms with Gasteiger partial charge in [0.25, 0.3) is 0 Å². The molecule has 9 heteroatoms. The summed E-state index contributed by atoms with van der Waals surface area (Å²) in [6.45, 7) is 4.64. The van der Waals surface area contributed by atoms with Crippen LogP contribution in [0, 0.1) is 0 Å². The Morgan fingerprint density at radius 2 is 1.86 bits per heavy atom. The van der Waals surface area contributed by atoms with Crippen LogP contribution in [-0.4, -0.2) is 61.5 Å². The standard InChI is InChI=1S/C26H35N7O2/c1-2-3-14-27-25-28-17-22-23(31-33(24(22)30-25)20-10-12-21(34)13-11-20)18-6-8-19(9-7-18)29-26(35)32-15-4-5-16-32/h6-9,17,20-21,34H,2-5,10-16H2,1H3,(H,29,35)(H,27,28,30)/t20-,21-. The summed E-state index contributed by atoms with van der Waals surface area (Å²) in [5, 5.41) is 22.2. The molecule has 35 heavy (non-hydrogen) atoms. The van der Waals surface area contributed by atoms with E-state index in [4.69, 9.17) is 10.1 Å². The number of hydrogen-bond donors (Lipinski definition) is 3. The van der Waals surface area contributed by atoms with Crippen LogP contribution in [-0.2, 0) is 0 Å². The first-order chi connectivity index (χ1) is 17.1. The summed E-state index contributed by atoms with van der Waals surface area (Å²) in [6, 6.07) is 7.99. The van der Waals surface area contributed by atoms with Gasteiger partial charge in [-0.1, -0.05) is 25.5 Å². The predicted octanol–water partition coefficient (Wildman–Crippen LogP) is 4.81. The third-order valence-electron chi connectivity index (χ3n) is 7.08. The lowest BCUT2D eigenvalue weighted by atomic mass is 9.93. The van der Waals surface area contributed by atoms with Crippen LogP contribution in [0.15, 0.2) is 30.5 Å². The van der Waals surface area contributed by atoms with Crippen molar-refractivity contribution < 1.29 is 9.90 Å². The van der Waals surface area contributed by atoms with Gasteiger partial charge in [-0.15, -0.1) is 0 Å². The number of carbonyl (C=O) groups is 1. The average molecular weight is 478 g/mol. The molecule has 2 aliphatic rings. The molecule has 3 heterocycles. The van der Waals surface area contributed by atoms with Crippen LogP contribution in [0.3, 0.4) is 0 Å². The number of fused-ring (bicyclic) bond motifs is 1. The van der Waals surface area contributed by atoms with E-state index in [1.165, 1.54) is 0 Å². The number of carbonyl (C=O) groups excluding carboxylic acids is 1. The lowest BCUT2D eigenvalue weighted by Gasteiger charge is -2.25. The highest BCUT2D eigenvalue weighted by Gasteiger charge is 2.26. The van der Waals surface area contributed by atoms with Gasteiger partial charge in [-0.2, -0.15) is 10.1 Å². The zero-order chi connectivity index (χ0) is 24.2. The zero-order valence-electron chi connectivity index (χ0n) is 20.4. The second-order valence-electron chi connectivity index (χ2n) is 9.67. The Morgan fingerprint density at radius 1 is 1.11 bits per heavy atom. The third kappa shape index (κ3) is 5.24. The number of amides is 2. The molecular weight excluding hydrogens is 442 g/mol. The molecule has 2 aromatic heterocycles. The molecule has 0 spiro atoms. The summed E-state index contributed by atoms with van der Waals surface area (Å²) in [7, 11) is 0. The molecule has 1 aromatic carbocycles. The molecule has 186 valence electrons. The number of unbranched alkanes of at least 4 members (excludes halogenated alkanes) is 1. The number of rotatable bonds is 7. The maximum atomic E-state index is 12.4. The molecular formula is C26H35N7O2. The van der Waals surface area contributed by atoms with E-state index in [0.29, 0.717) is 5.95 Å². The van der Waals surface area contributed by atoms with E-state index >= 15 is 0 Å². The highest BCUT2D eigenvalue weighted by Crippen LogP contribution is 2.35. The van der Waals surface area contributed by atoms with Gasteiger partial charge < -0.3 is 20.6 Å².